The Bertz CT molecular complexity index is 647. The second-order valence-electron chi connectivity index (χ2n) is 4.84. The predicted octanol–water partition coefficient (Wildman–Crippen LogP) is 3.66. The number of hydrogen-bond acceptors (Lipinski definition) is 4. The van der Waals surface area contributed by atoms with Crippen molar-refractivity contribution in [2.24, 2.45) is 0 Å². The van der Waals surface area contributed by atoms with E-state index in [2.05, 4.69) is 23.3 Å². The Balaban J connectivity index is 2.04. The van der Waals surface area contributed by atoms with Crippen molar-refractivity contribution in [3.63, 3.8) is 0 Å². The van der Waals surface area contributed by atoms with Crippen LogP contribution in [-0.2, 0) is 6.61 Å². The quantitative estimate of drug-likeness (QED) is 0.877. The summed E-state index contributed by atoms with van der Waals surface area (Å²) in [7, 11) is 0. The molecule has 1 heterocycles. The van der Waals surface area contributed by atoms with Crippen molar-refractivity contribution in [1.82, 2.24) is 4.98 Å². The smallest absolute Gasteiger partial charge is 0.130 e. The standard InChI is InChI=1S/C17H19N3O/c1-3-7-19-15-6-8-20-16(10-15)12-21-17-9-14(11-18)5-4-13(17)2/h4-6,8-10H,3,7,12H2,1-2H3,(H,19,20). The van der Waals surface area contributed by atoms with Crippen molar-refractivity contribution in [2.45, 2.75) is 26.9 Å². The molecule has 108 valence electrons. The molecule has 1 N–H and O–H groups in total. The van der Waals surface area contributed by atoms with Crippen LogP contribution >= 0.6 is 0 Å². The zero-order valence-electron chi connectivity index (χ0n) is 12.4. The van der Waals surface area contributed by atoms with Crippen LogP contribution in [0.5, 0.6) is 5.75 Å². The molecule has 1 aromatic carbocycles. The Morgan fingerprint density at radius 1 is 1.29 bits per heavy atom. The van der Waals surface area contributed by atoms with E-state index in [9.17, 15) is 0 Å². The molecule has 4 nitrogen and oxygen atoms in total. The third-order valence-electron chi connectivity index (χ3n) is 3.09. The number of nitriles is 1. The van der Waals surface area contributed by atoms with Crippen LogP contribution in [0.3, 0.4) is 0 Å². The van der Waals surface area contributed by atoms with Crippen molar-refractivity contribution in [3.8, 4) is 11.8 Å². The number of nitrogens with one attached hydrogen (secondary N) is 1. The molecule has 0 amide bonds. The second kappa shape index (κ2) is 7.30. The minimum absolute atomic E-state index is 0.386. The van der Waals surface area contributed by atoms with Crippen molar-refractivity contribution in [2.75, 3.05) is 11.9 Å². The molecule has 21 heavy (non-hydrogen) atoms. The molecule has 1 aromatic heterocycles. The molecule has 2 rings (SSSR count). The van der Waals surface area contributed by atoms with Gasteiger partial charge in [0.1, 0.15) is 12.4 Å². The predicted molar refractivity (Wildman–Crippen MR) is 83.2 cm³/mol. The fraction of sp³-hybridized carbons (Fsp3) is 0.294. The average molecular weight is 281 g/mol. The number of aromatic nitrogens is 1. The number of ether oxygens (including phenoxy) is 1. The van der Waals surface area contributed by atoms with Crippen LogP contribution in [0.1, 0.15) is 30.2 Å². The Kier molecular flexibility index (Phi) is 5.16. The highest BCUT2D eigenvalue weighted by Gasteiger charge is 2.03. The zero-order chi connectivity index (χ0) is 15.1. The summed E-state index contributed by atoms with van der Waals surface area (Å²) in [5.74, 6) is 0.725. The molecule has 0 fully saturated rings. The summed E-state index contributed by atoms with van der Waals surface area (Å²) in [6.45, 7) is 5.41. The van der Waals surface area contributed by atoms with Gasteiger partial charge in [0, 0.05) is 18.4 Å². The maximum atomic E-state index is 8.93. The number of aryl methyl sites for hydroxylation is 1. The summed E-state index contributed by atoms with van der Waals surface area (Å²) < 4.78 is 5.78. The van der Waals surface area contributed by atoms with Crippen LogP contribution in [-0.4, -0.2) is 11.5 Å². The number of hydrogen-bond donors (Lipinski definition) is 1. The molecule has 0 aliphatic carbocycles. The molecule has 0 saturated heterocycles. The van der Waals surface area contributed by atoms with Gasteiger partial charge >= 0.3 is 0 Å². The largest absolute Gasteiger partial charge is 0.487 e. The van der Waals surface area contributed by atoms with Crippen molar-refractivity contribution in [1.29, 1.82) is 5.26 Å². The van der Waals surface area contributed by atoms with E-state index in [1.165, 1.54) is 0 Å². The van der Waals surface area contributed by atoms with E-state index < -0.39 is 0 Å². The van der Waals surface area contributed by atoms with Gasteiger partial charge in [0.05, 0.1) is 17.3 Å². The third-order valence-corrected chi connectivity index (χ3v) is 3.09. The summed E-state index contributed by atoms with van der Waals surface area (Å²) in [5.41, 5.74) is 3.52. The second-order valence-corrected chi connectivity index (χ2v) is 4.84. The normalized spacial score (nSPS) is 9.95. The number of pyridine rings is 1. The van der Waals surface area contributed by atoms with Gasteiger partial charge in [-0.25, -0.2) is 0 Å². The van der Waals surface area contributed by atoms with Crippen LogP contribution in [0.2, 0.25) is 0 Å². The highest BCUT2D eigenvalue weighted by Crippen LogP contribution is 2.20. The molecule has 0 aliphatic heterocycles. The first-order valence-electron chi connectivity index (χ1n) is 7.05. The van der Waals surface area contributed by atoms with Crippen LogP contribution in [0.15, 0.2) is 36.5 Å². The van der Waals surface area contributed by atoms with E-state index in [1.54, 1.807) is 18.3 Å². The van der Waals surface area contributed by atoms with Gasteiger partial charge in [-0.1, -0.05) is 13.0 Å². The lowest BCUT2D eigenvalue weighted by Gasteiger charge is -2.10. The first-order chi connectivity index (χ1) is 10.2. The van der Waals surface area contributed by atoms with Gasteiger partial charge in [-0.05, 0) is 43.2 Å². The van der Waals surface area contributed by atoms with Gasteiger partial charge < -0.3 is 10.1 Å². The van der Waals surface area contributed by atoms with E-state index in [4.69, 9.17) is 10.00 Å². The van der Waals surface area contributed by atoms with E-state index in [0.717, 1.165) is 35.7 Å². The molecule has 2 aromatic rings. The van der Waals surface area contributed by atoms with Gasteiger partial charge in [-0.3, -0.25) is 4.98 Å². The van der Waals surface area contributed by atoms with Crippen LogP contribution < -0.4 is 10.1 Å². The zero-order valence-corrected chi connectivity index (χ0v) is 12.4. The van der Waals surface area contributed by atoms with Crippen molar-refractivity contribution < 1.29 is 4.74 Å². The van der Waals surface area contributed by atoms with Crippen molar-refractivity contribution in [3.05, 3.63) is 53.3 Å². The average Bonchev–Trinajstić information content (AvgIpc) is 2.52. The highest BCUT2D eigenvalue weighted by atomic mass is 16.5. The van der Waals surface area contributed by atoms with Crippen molar-refractivity contribution >= 4 is 5.69 Å². The Labute approximate surface area is 125 Å². The van der Waals surface area contributed by atoms with Crippen LogP contribution in [0.25, 0.3) is 0 Å². The minimum atomic E-state index is 0.386. The maximum Gasteiger partial charge on any atom is 0.130 e. The summed E-state index contributed by atoms with van der Waals surface area (Å²) >= 11 is 0. The molecule has 4 heteroatoms. The lowest BCUT2D eigenvalue weighted by atomic mass is 10.1. The molecule has 0 aliphatic rings. The number of benzene rings is 1. The summed E-state index contributed by atoms with van der Waals surface area (Å²) in [5, 5.41) is 12.3. The monoisotopic (exact) mass is 281 g/mol. The van der Waals surface area contributed by atoms with E-state index in [-0.39, 0.29) is 0 Å². The van der Waals surface area contributed by atoms with Crippen LogP contribution in [0.4, 0.5) is 5.69 Å². The Morgan fingerprint density at radius 2 is 2.14 bits per heavy atom. The van der Waals surface area contributed by atoms with Gasteiger partial charge in [-0.15, -0.1) is 0 Å². The SMILES string of the molecule is CCCNc1ccnc(COc2cc(C#N)ccc2C)c1. The van der Waals surface area contributed by atoms with Crippen LogP contribution in [0, 0.1) is 18.3 Å². The lowest BCUT2D eigenvalue weighted by Crippen LogP contribution is -2.03. The van der Waals surface area contributed by atoms with Gasteiger partial charge in [0.25, 0.3) is 0 Å². The maximum absolute atomic E-state index is 8.93. The van der Waals surface area contributed by atoms with Gasteiger partial charge in [-0.2, -0.15) is 5.26 Å². The molecular weight excluding hydrogens is 262 g/mol. The minimum Gasteiger partial charge on any atom is -0.487 e. The topological polar surface area (TPSA) is 57.9 Å². The lowest BCUT2D eigenvalue weighted by molar-refractivity contribution is 0.299. The molecule has 0 unspecified atom stereocenters. The molecule has 0 bridgehead atoms. The first kappa shape index (κ1) is 14.9. The fourth-order valence-corrected chi connectivity index (χ4v) is 1.91. The molecule has 0 radical (unpaired) electrons. The third kappa shape index (κ3) is 4.22. The molecule has 0 saturated carbocycles. The highest BCUT2D eigenvalue weighted by molar-refractivity contribution is 5.44. The Hall–Kier alpha value is -2.54. The molecule has 0 spiro atoms. The summed E-state index contributed by atoms with van der Waals surface area (Å²) in [6, 6.07) is 11.5. The summed E-state index contributed by atoms with van der Waals surface area (Å²) in [6.07, 6.45) is 2.85. The number of nitrogens with zero attached hydrogens (tertiary/aromatic N) is 2. The van der Waals surface area contributed by atoms with E-state index >= 15 is 0 Å². The molecular formula is C17H19N3O. The Morgan fingerprint density at radius 3 is 2.90 bits per heavy atom. The number of anilines is 1. The van der Waals surface area contributed by atoms with E-state index in [1.807, 2.05) is 25.1 Å². The fourth-order valence-electron chi connectivity index (χ4n) is 1.91. The molecule has 0 atom stereocenters. The van der Waals surface area contributed by atoms with Gasteiger partial charge in [0.2, 0.25) is 0 Å². The first-order valence-corrected chi connectivity index (χ1v) is 7.05. The van der Waals surface area contributed by atoms with E-state index in [0.29, 0.717) is 12.2 Å². The summed E-state index contributed by atoms with van der Waals surface area (Å²) in [4.78, 5) is 4.30. The van der Waals surface area contributed by atoms with Gasteiger partial charge in [0.15, 0.2) is 0 Å². The number of rotatable bonds is 6.